The van der Waals surface area contributed by atoms with Gasteiger partial charge in [0.2, 0.25) is 0 Å². The second-order valence-corrected chi connectivity index (χ2v) is 4.10. The highest BCUT2D eigenvalue weighted by Crippen LogP contribution is 2.31. The van der Waals surface area contributed by atoms with Crippen LogP contribution in [0.3, 0.4) is 0 Å². The number of rotatable bonds is 2. The normalized spacial score (nSPS) is 10.1. The highest BCUT2D eigenvalue weighted by molar-refractivity contribution is 9.10. The maximum atomic E-state index is 5.62. The summed E-state index contributed by atoms with van der Waals surface area (Å²) < 4.78 is 10.1. The molecule has 0 amide bonds. The van der Waals surface area contributed by atoms with Crippen molar-refractivity contribution in [2.24, 2.45) is 0 Å². The second kappa shape index (κ2) is 3.93. The van der Waals surface area contributed by atoms with Crippen LogP contribution in [0.5, 0.6) is 10.9 Å². The Morgan fingerprint density at radius 2 is 2.29 bits per heavy atom. The van der Waals surface area contributed by atoms with Gasteiger partial charge in [0.1, 0.15) is 12.1 Å². The van der Waals surface area contributed by atoms with Crippen LogP contribution in [0, 0.1) is 0 Å². The van der Waals surface area contributed by atoms with Gasteiger partial charge in [-0.3, -0.25) is 0 Å². The summed E-state index contributed by atoms with van der Waals surface area (Å²) in [5.74, 6) is 0.641. The predicted molar refractivity (Wildman–Crippen MR) is 58.5 cm³/mol. The third-order valence-corrected chi connectivity index (χ3v) is 2.69. The van der Waals surface area contributed by atoms with Crippen molar-refractivity contribution in [3.8, 4) is 10.9 Å². The Balaban J connectivity index is 2.28. The largest absolute Gasteiger partial charge is 0.429 e. The Hall–Kier alpha value is -1.14. The molecule has 4 nitrogen and oxygen atoms in total. The molecule has 2 aromatic rings. The third-order valence-electron chi connectivity index (χ3n) is 1.49. The Labute approximate surface area is 93.0 Å². The van der Waals surface area contributed by atoms with Gasteiger partial charge in [0.25, 0.3) is 5.19 Å². The van der Waals surface area contributed by atoms with Crippen molar-refractivity contribution in [2.45, 2.75) is 0 Å². The lowest BCUT2D eigenvalue weighted by atomic mass is 10.3. The summed E-state index contributed by atoms with van der Waals surface area (Å²) in [6, 6.07) is 5.34. The summed E-state index contributed by atoms with van der Waals surface area (Å²) in [5.41, 5.74) is 6.27. The first-order valence-corrected chi connectivity index (χ1v) is 5.32. The summed E-state index contributed by atoms with van der Waals surface area (Å²) >= 11 is 4.54. The number of hydrogen-bond acceptors (Lipinski definition) is 5. The maximum Gasteiger partial charge on any atom is 0.298 e. The van der Waals surface area contributed by atoms with E-state index in [2.05, 4.69) is 25.3 Å². The molecule has 0 fully saturated rings. The van der Waals surface area contributed by atoms with E-state index in [9.17, 15) is 0 Å². The number of nitrogens with two attached hydrogens (primary N) is 1. The van der Waals surface area contributed by atoms with Gasteiger partial charge >= 0.3 is 0 Å². The second-order valence-electron chi connectivity index (χ2n) is 2.50. The average molecular weight is 272 g/mol. The van der Waals surface area contributed by atoms with Crippen LogP contribution >= 0.6 is 27.5 Å². The van der Waals surface area contributed by atoms with Crippen molar-refractivity contribution in [2.75, 3.05) is 5.73 Å². The predicted octanol–water partition coefficient (Wildman–Crippen LogP) is 2.68. The third kappa shape index (κ3) is 2.02. The topological polar surface area (TPSA) is 61.0 Å². The standard InChI is InChI=1S/C8H6BrN3OS/c9-6-2-1-5(10)3-7(6)13-8-11-4-12-14-8/h1-4H,10H2. The molecule has 0 radical (unpaired) electrons. The van der Waals surface area contributed by atoms with Crippen molar-refractivity contribution in [3.05, 3.63) is 29.0 Å². The van der Waals surface area contributed by atoms with E-state index in [0.29, 0.717) is 16.6 Å². The van der Waals surface area contributed by atoms with Crippen LogP contribution in [-0.4, -0.2) is 9.36 Å². The molecule has 0 saturated carbocycles. The SMILES string of the molecule is Nc1ccc(Br)c(Oc2ncns2)c1. The Morgan fingerprint density at radius 3 is 3.00 bits per heavy atom. The number of nitrogen functional groups attached to an aromatic ring is 1. The van der Waals surface area contributed by atoms with E-state index in [-0.39, 0.29) is 0 Å². The minimum Gasteiger partial charge on any atom is -0.429 e. The molecule has 72 valence electrons. The van der Waals surface area contributed by atoms with Crippen molar-refractivity contribution in [1.82, 2.24) is 9.36 Å². The zero-order valence-electron chi connectivity index (χ0n) is 6.98. The van der Waals surface area contributed by atoms with Crippen LogP contribution in [0.25, 0.3) is 0 Å². The minimum atomic E-state index is 0.497. The van der Waals surface area contributed by atoms with Gasteiger partial charge in [0.15, 0.2) is 0 Å². The van der Waals surface area contributed by atoms with E-state index in [1.54, 1.807) is 12.1 Å². The van der Waals surface area contributed by atoms with E-state index >= 15 is 0 Å². The van der Waals surface area contributed by atoms with E-state index in [0.717, 1.165) is 4.47 Å². The van der Waals surface area contributed by atoms with E-state index in [1.165, 1.54) is 17.9 Å². The molecule has 1 heterocycles. The zero-order chi connectivity index (χ0) is 9.97. The highest BCUT2D eigenvalue weighted by Gasteiger charge is 2.05. The molecule has 0 aliphatic carbocycles. The number of nitrogens with zero attached hydrogens (tertiary/aromatic N) is 2. The van der Waals surface area contributed by atoms with Gasteiger partial charge in [-0.25, -0.2) is 0 Å². The molecule has 1 aromatic carbocycles. The summed E-state index contributed by atoms with van der Waals surface area (Å²) in [5, 5.41) is 0.497. The number of anilines is 1. The number of halogens is 1. The van der Waals surface area contributed by atoms with Gasteiger partial charge in [-0.15, -0.1) is 0 Å². The molecular weight excluding hydrogens is 266 g/mol. The minimum absolute atomic E-state index is 0.497. The molecule has 2 N–H and O–H groups in total. The molecule has 2 rings (SSSR count). The Morgan fingerprint density at radius 1 is 1.43 bits per heavy atom. The summed E-state index contributed by atoms with van der Waals surface area (Å²) in [7, 11) is 0. The van der Waals surface area contributed by atoms with Crippen LogP contribution in [0.15, 0.2) is 29.0 Å². The van der Waals surface area contributed by atoms with Gasteiger partial charge in [0.05, 0.1) is 4.47 Å². The van der Waals surface area contributed by atoms with Gasteiger partial charge in [-0.05, 0) is 28.1 Å². The molecule has 0 saturated heterocycles. The highest BCUT2D eigenvalue weighted by atomic mass is 79.9. The lowest BCUT2D eigenvalue weighted by Crippen LogP contribution is -1.88. The Bertz CT molecular complexity index is 432. The number of aromatic nitrogens is 2. The van der Waals surface area contributed by atoms with Gasteiger partial charge in [0, 0.05) is 23.3 Å². The maximum absolute atomic E-state index is 5.62. The first-order valence-electron chi connectivity index (χ1n) is 3.75. The van der Waals surface area contributed by atoms with Crippen LogP contribution in [-0.2, 0) is 0 Å². The summed E-state index contributed by atoms with van der Waals surface area (Å²) in [6.45, 7) is 0. The molecule has 0 spiro atoms. The summed E-state index contributed by atoms with van der Waals surface area (Å²) in [4.78, 5) is 3.91. The molecule has 1 aromatic heterocycles. The van der Waals surface area contributed by atoms with Crippen LogP contribution < -0.4 is 10.5 Å². The lowest BCUT2D eigenvalue weighted by molar-refractivity contribution is 0.476. The molecule has 14 heavy (non-hydrogen) atoms. The molecule has 0 bridgehead atoms. The number of hydrogen-bond donors (Lipinski definition) is 1. The molecule has 0 aliphatic rings. The molecular formula is C8H6BrN3OS. The van der Waals surface area contributed by atoms with Gasteiger partial charge in [-0.2, -0.15) is 9.36 Å². The Kier molecular flexibility index (Phi) is 2.64. The van der Waals surface area contributed by atoms with E-state index < -0.39 is 0 Å². The fourth-order valence-corrected chi connectivity index (χ4v) is 1.63. The zero-order valence-corrected chi connectivity index (χ0v) is 9.38. The quantitative estimate of drug-likeness (QED) is 0.854. The molecule has 0 atom stereocenters. The fourth-order valence-electron chi connectivity index (χ4n) is 0.900. The fraction of sp³-hybridized carbons (Fsp3) is 0. The van der Waals surface area contributed by atoms with Crippen molar-refractivity contribution >= 4 is 33.1 Å². The smallest absolute Gasteiger partial charge is 0.298 e. The first kappa shape index (κ1) is 9.42. The van der Waals surface area contributed by atoms with Crippen LogP contribution in [0.4, 0.5) is 5.69 Å². The van der Waals surface area contributed by atoms with Crippen molar-refractivity contribution in [1.29, 1.82) is 0 Å². The lowest BCUT2D eigenvalue weighted by Gasteiger charge is -2.04. The van der Waals surface area contributed by atoms with Crippen molar-refractivity contribution in [3.63, 3.8) is 0 Å². The molecule has 0 aliphatic heterocycles. The number of ether oxygens (including phenoxy) is 1. The first-order chi connectivity index (χ1) is 6.75. The average Bonchev–Trinajstić information content (AvgIpc) is 2.64. The van der Waals surface area contributed by atoms with Crippen LogP contribution in [0.1, 0.15) is 0 Å². The van der Waals surface area contributed by atoms with Crippen molar-refractivity contribution < 1.29 is 4.74 Å². The van der Waals surface area contributed by atoms with Crippen LogP contribution in [0.2, 0.25) is 0 Å². The van der Waals surface area contributed by atoms with Gasteiger partial charge in [-0.1, -0.05) is 0 Å². The molecule has 0 unspecified atom stereocenters. The summed E-state index contributed by atoms with van der Waals surface area (Å²) in [6.07, 6.45) is 1.44. The molecule has 6 heteroatoms. The van der Waals surface area contributed by atoms with E-state index in [1.807, 2.05) is 6.07 Å². The number of benzene rings is 1. The van der Waals surface area contributed by atoms with Gasteiger partial charge < -0.3 is 10.5 Å². The monoisotopic (exact) mass is 271 g/mol. The van der Waals surface area contributed by atoms with E-state index in [4.69, 9.17) is 10.5 Å².